The van der Waals surface area contributed by atoms with Crippen molar-refractivity contribution in [3.05, 3.63) is 29.8 Å². The lowest BCUT2D eigenvalue weighted by atomic mass is 9.89. The third-order valence-corrected chi connectivity index (χ3v) is 4.96. The first kappa shape index (κ1) is 15.5. The Labute approximate surface area is 134 Å². The molecule has 2 saturated carbocycles. The second-order valence-corrected chi connectivity index (χ2v) is 7.08. The van der Waals surface area contributed by atoms with Gasteiger partial charge in [-0.15, -0.1) is 0 Å². The third kappa shape index (κ3) is 4.57. The van der Waals surface area contributed by atoms with Crippen molar-refractivity contribution < 1.29 is 4.79 Å². The van der Waals surface area contributed by atoms with Gasteiger partial charge >= 0.3 is 0 Å². The summed E-state index contributed by atoms with van der Waals surface area (Å²) in [6.07, 6.45) is 9.38. The first-order valence-corrected chi connectivity index (χ1v) is 8.81. The number of hydrogen-bond donors (Lipinski definition) is 1. The summed E-state index contributed by atoms with van der Waals surface area (Å²) in [5.41, 5.74) is 2.12. The fourth-order valence-corrected chi connectivity index (χ4v) is 3.51. The quantitative estimate of drug-likeness (QED) is 0.862. The van der Waals surface area contributed by atoms with Gasteiger partial charge in [-0.3, -0.25) is 9.69 Å². The number of hydrogen-bond acceptors (Lipinski definition) is 2. The topological polar surface area (TPSA) is 32.3 Å². The van der Waals surface area contributed by atoms with Gasteiger partial charge in [0.15, 0.2) is 0 Å². The number of rotatable bonds is 6. The van der Waals surface area contributed by atoms with Gasteiger partial charge in [0.2, 0.25) is 5.91 Å². The molecule has 0 unspecified atom stereocenters. The zero-order chi connectivity index (χ0) is 15.4. The first-order valence-electron chi connectivity index (χ1n) is 8.81. The molecule has 0 atom stereocenters. The van der Waals surface area contributed by atoms with Gasteiger partial charge in [-0.1, -0.05) is 37.0 Å². The number of benzene rings is 1. The van der Waals surface area contributed by atoms with E-state index >= 15 is 0 Å². The zero-order valence-corrected chi connectivity index (χ0v) is 13.7. The maximum absolute atomic E-state index is 12.3. The van der Waals surface area contributed by atoms with Crippen LogP contribution in [0.5, 0.6) is 0 Å². The van der Waals surface area contributed by atoms with Crippen molar-refractivity contribution in [2.45, 2.75) is 57.9 Å². The SMILES string of the molecule is Cc1ccc(NC(=O)CN(CC2CCCCC2)C2CC2)cc1. The van der Waals surface area contributed by atoms with Crippen molar-refractivity contribution in [3.63, 3.8) is 0 Å². The molecule has 3 rings (SSSR count). The summed E-state index contributed by atoms with van der Waals surface area (Å²) in [6.45, 7) is 3.73. The molecule has 1 aromatic carbocycles. The van der Waals surface area contributed by atoms with E-state index in [4.69, 9.17) is 0 Å². The highest BCUT2D eigenvalue weighted by molar-refractivity contribution is 5.92. The Balaban J connectivity index is 1.51. The minimum atomic E-state index is 0.131. The van der Waals surface area contributed by atoms with Crippen LogP contribution in [0.4, 0.5) is 5.69 Å². The molecule has 0 heterocycles. The van der Waals surface area contributed by atoms with Crippen LogP contribution in [0.1, 0.15) is 50.5 Å². The van der Waals surface area contributed by atoms with E-state index in [0.717, 1.165) is 18.2 Å². The third-order valence-electron chi connectivity index (χ3n) is 4.96. The van der Waals surface area contributed by atoms with E-state index in [-0.39, 0.29) is 5.91 Å². The molecule has 22 heavy (non-hydrogen) atoms. The fourth-order valence-electron chi connectivity index (χ4n) is 3.51. The van der Waals surface area contributed by atoms with Crippen LogP contribution in [-0.4, -0.2) is 29.9 Å². The van der Waals surface area contributed by atoms with Gasteiger partial charge in [-0.05, 0) is 50.7 Å². The number of nitrogens with one attached hydrogen (secondary N) is 1. The number of anilines is 1. The van der Waals surface area contributed by atoms with Crippen LogP contribution >= 0.6 is 0 Å². The molecular formula is C19H28N2O. The molecule has 0 saturated heterocycles. The molecular weight excluding hydrogens is 272 g/mol. The highest BCUT2D eigenvalue weighted by Crippen LogP contribution is 2.31. The Hall–Kier alpha value is -1.35. The van der Waals surface area contributed by atoms with Crippen LogP contribution in [0, 0.1) is 12.8 Å². The number of amides is 1. The number of nitrogens with zero attached hydrogens (tertiary/aromatic N) is 1. The molecule has 120 valence electrons. The van der Waals surface area contributed by atoms with E-state index in [1.165, 1.54) is 50.5 Å². The van der Waals surface area contributed by atoms with E-state index in [2.05, 4.69) is 17.1 Å². The van der Waals surface area contributed by atoms with Gasteiger partial charge in [0.05, 0.1) is 6.54 Å². The van der Waals surface area contributed by atoms with Gasteiger partial charge in [-0.25, -0.2) is 0 Å². The van der Waals surface area contributed by atoms with Crippen molar-refractivity contribution >= 4 is 11.6 Å². The van der Waals surface area contributed by atoms with Gasteiger partial charge in [0, 0.05) is 18.3 Å². The summed E-state index contributed by atoms with van der Waals surface area (Å²) in [6, 6.07) is 8.70. The lowest BCUT2D eigenvalue weighted by Gasteiger charge is -2.29. The maximum Gasteiger partial charge on any atom is 0.238 e. The van der Waals surface area contributed by atoms with E-state index < -0.39 is 0 Å². The van der Waals surface area contributed by atoms with Crippen LogP contribution < -0.4 is 5.32 Å². The first-order chi connectivity index (χ1) is 10.7. The Kier molecular flexibility index (Phi) is 5.14. The van der Waals surface area contributed by atoms with E-state index in [0.29, 0.717) is 12.6 Å². The molecule has 0 bridgehead atoms. The van der Waals surface area contributed by atoms with Crippen molar-refractivity contribution in [2.75, 3.05) is 18.4 Å². The van der Waals surface area contributed by atoms with Gasteiger partial charge < -0.3 is 5.32 Å². The average Bonchev–Trinajstić information content (AvgIpc) is 3.35. The van der Waals surface area contributed by atoms with E-state index in [1.54, 1.807) is 0 Å². The molecule has 0 aromatic heterocycles. The molecule has 2 aliphatic rings. The highest BCUT2D eigenvalue weighted by atomic mass is 16.2. The Bertz CT molecular complexity index is 487. The highest BCUT2D eigenvalue weighted by Gasteiger charge is 2.32. The summed E-state index contributed by atoms with van der Waals surface area (Å²) in [5, 5.41) is 3.04. The Morgan fingerprint density at radius 1 is 1.09 bits per heavy atom. The van der Waals surface area contributed by atoms with Crippen LogP contribution in [0.15, 0.2) is 24.3 Å². The number of carbonyl (C=O) groups is 1. The molecule has 1 amide bonds. The van der Waals surface area contributed by atoms with Crippen molar-refractivity contribution in [1.82, 2.24) is 4.90 Å². The van der Waals surface area contributed by atoms with Crippen LogP contribution in [0.25, 0.3) is 0 Å². The van der Waals surface area contributed by atoms with Crippen LogP contribution in [-0.2, 0) is 4.79 Å². The molecule has 1 N–H and O–H groups in total. The predicted octanol–water partition coefficient (Wildman–Crippen LogP) is 3.98. The summed E-state index contributed by atoms with van der Waals surface area (Å²) >= 11 is 0. The van der Waals surface area contributed by atoms with Gasteiger partial charge in [0.25, 0.3) is 0 Å². The van der Waals surface area contributed by atoms with E-state index in [9.17, 15) is 4.79 Å². The standard InChI is InChI=1S/C19H28N2O/c1-15-7-9-17(10-8-15)20-19(22)14-21(18-11-12-18)13-16-5-3-2-4-6-16/h7-10,16,18H,2-6,11-14H2,1H3,(H,20,22). The number of aryl methyl sites for hydroxylation is 1. The monoisotopic (exact) mass is 300 g/mol. The van der Waals surface area contributed by atoms with Crippen molar-refractivity contribution in [3.8, 4) is 0 Å². The maximum atomic E-state index is 12.3. The lowest BCUT2D eigenvalue weighted by Crippen LogP contribution is -2.38. The molecule has 3 heteroatoms. The fraction of sp³-hybridized carbons (Fsp3) is 0.632. The Morgan fingerprint density at radius 2 is 1.77 bits per heavy atom. The molecule has 3 nitrogen and oxygen atoms in total. The van der Waals surface area contributed by atoms with E-state index in [1.807, 2.05) is 24.3 Å². The molecule has 2 fully saturated rings. The van der Waals surface area contributed by atoms with Gasteiger partial charge in [-0.2, -0.15) is 0 Å². The molecule has 1 aromatic rings. The zero-order valence-electron chi connectivity index (χ0n) is 13.7. The smallest absolute Gasteiger partial charge is 0.238 e. The van der Waals surface area contributed by atoms with Crippen molar-refractivity contribution in [1.29, 1.82) is 0 Å². The minimum Gasteiger partial charge on any atom is -0.325 e. The summed E-state index contributed by atoms with van der Waals surface area (Å²) in [7, 11) is 0. The molecule has 0 spiro atoms. The second-order valence-electron chi connectivity index (χ2n) is 7.08. The molecule has 0 radical (unpaired) electrons. The minimum absolute atomic E-state index is 0.131. The average molecular weight is 300 g/mol. The van der Waals surface area contributed by atoms with Crippen LogP contribution in [0.2, 0.25) is 0 Å². The van der Waals surface area contributed by atoms with Gasteiger partial charge in [0.1, 0.15) is 0 Å². The molecule has 0 aliphatic heterocycles. The number of carbonyl (C=O) groups excluding carboxylic acids is 1. The molecule has 2 aliphatic carbocycles. The lowest BCUT2D eigenvalue weighted by molar-refractivity contribution is -0.117. The van der Waals surface area contributed by atoms with Crippen LogP contribution in [0.3, 0.4) is 0 Å². The Morgan fingerprint density at radius 3 is 2.41 bits per heavy atom. The summed E-state index contributed by atoms with van der Waals surface area (Å²) < 4.78 is 0. The predicted molar refractivity (Wildman–Crippen MR) is 91.0 cm³/mol. The summed E-state index contributed by atoms with van der Waals surface area (Å²) in [4.78, 5) is 14.8. The second kappa shape index (κ2) is 7.28. The largest absolute Gasteiger partial charge is 0.325 e. The normalized spacial score (nSPS) is 19.4. The van der Waals surface area contributed by atoms with Crippen molar-refractivity contribution in [2.24, 2.45) is 5.92 Å². The summed E-state index contributed by atoms with van der Waals surface area (Å²) in [5.74, 6) is 0.938.